The van der Waals surface area contributed by atoms with Gasteiger partial charge in [-0.05, 0) is 61.9 Å². The van der Waals surface area contributed by atoms with Crippen LogP contribution in [0.15, 0.2) is 58.2 Å². The first-order valence-corrected chi connectivity index (χ1v) is 10.6. The van der Waals surface area contributed by atoms with Crippen molar-refractivity contribution in [1.29, 1.82) is 0 Å². The van der Waals surface area contributed by atoms with Gasteiger partial charge in [-0.3, -0.25) is 9.69 Å². The molecule has 4 rings (SSSR count). The van der Waals surface area contributed by atoms with Gasteiger partial charge in [-0.2, -0.15) is 0 Å². The monoisotopic (exact) mass is 422 g/mol. The lowest BCUT2D eigenvalue weighted by Crippen LogP contribution is -2.39. The number of benzene rings is 1. The van der Waals surface area contributed by atoms with Crippen LogP contribution in [0.2, 0.25) is 0 Å². The van der Waals surface area contributed by atoms with Gasteiger partial charge in [0.05, 0.1) is 18.5 Å². The first kappa shape index (κ1) is 20.0. The molecule has 0 unspecified atom stereocenters. The van der Waals surface area contributed by atoms with E-state index in [0.29, 0.717) is 30.1 Å². The van der Waals surface area contributed by atoms with E-state index in [0.717, 1.165) is 27.7 Å². The number of rotatable bonds is 4. The molecule has 0 saturated heterocycles. The first-order valence-electron chi connectivity index (χ1n) is 9.61. The van der Waals surface area contributed by atoms with E-state index < -0.39 is 0 Å². The summed E-state index contributed by atoms with van der Waals surface area (Å²) in [5, 5.41) is 6.60. The fourth-order valence-electron chi connectivity index (χ4n) is 3.35. The zero-order valence-corrected chi connectivity index (χ0v) is 17.6. The zero-order chi connectivity index (χ0) is 21.1. The van der Waals surface area contributed by atoms with Crippen molar-refractivity contribution in [3.63, 3.8) is 0 Å². The molecule has 0 aliphatic carbocycles. The van der Waals surface area contributed by atoms with E-state index >= 15 is 0 Å². The Hall–Kier alpha value is -3.26. The number of nitrogens with zero attached hydrogens (tertiary/aromatic N) is 2. The average Bonchev–Trinajstić information content (AvgIpc) is 3.25. The van der Waals surface area contributed by atoms with Gasteiger partial charge in [-0.1, -0.05) is 0 Å². The molecular weight excluding hydrogens is 400 g/mol. The summed E-state index contributed by atoms with van der Waals surface area (Å²) in [5.74, 6) is 1.28. The number of anilines is 2. The molecule has 0 radical (unpaired) electrons. The number of aryl methyl sites for hydroxylation is 2. The van der Waals surface area contributed by atoms with E-state index in [4.69, 9.17) is 4.42 Å². The third-order valence-corrected chi connectivity index (χ3v) is 5.69. The number of amides is 3. The molecule has 1 aliphatic rings. The number of hydrogen-bond donors (Lipinski definition) is 2. The second-order valence-corrected chi connectivity index (χ2v) is 8.09. The minimum absolute atomic E-state index is 0.205. The molecule has 154 valence electrons. The van der Waals surface area contributed by atoms with Crippen molar-refractivity contribution in [3.05, 3.63) is 71.3 Å². The van der Waals surface area contributed by atoms with E-state index in [9.17, 15) is 9.59 Å². The molecule has 0 atom stereocenters. The number of pyridine rings is 1. The second kappa shape index (κ2) is 8.62. The summed E-state index contributed by atoms with van der Waals surface area (Å²) in [6, 6.07) is 12.2. The minimum Gasteiger partial charge on any atom is -0.467 e. The number of furan rings is 1. The SMILES string of the molecule is Cc1cc(C)c2c(n1)SCCN2C(=O)Nc1ccc(C(=O)NCc2ccco2)cc1. The van der Waals surface area contributed by atoms with Gasteiger partial charge in [0, 0.05) is 29.2 Å². The third-order valence-electron chi connectivity index (χ3n) is 4.75. The van der Waals surface area contributed by atoms with E-state index in [2.05, 4.69) is 15.6 Å². The third kappa shape index (κ3) is 4.33. The lowest BCUT2D eigenvalue weighted by Gasteiger charge is -2.30. The predicted octanol–water partition coefficient (Wildman–Crippen LogP) is 4.37. The van der Waals surface area contributed by atoms with Crippen LogP contribution in [0.4, 0.5) is 16.2 Å². The van der Waals surface area contributed by atoms with Crippen molar-refractivity contribution >= 4 is 35.1 Å². The highest BCUT2D eigenvalue weighted by Crippen LogP contribution is 2.36. The molecule has 3 aromatic rings. The van der Waals surface area contributed by atoms with Crippen molar-refractivity contribution < 1.29 is 14.0 Å². The van der Waals surface area contributed by atoms with Gasteiger partial charge in [0.25, 0.3) is 5.91 Å². The van der Waals surface area contributed by atoms with Crippen LogP contribution in [-0.2, 0) is 6.54 Å². The zero-order valence-electron chi connectivity index (χ0n) is 16.8. The maximum atomic E-state index is 12.9. The average molecular weight is 423 g/mol. The van der Waals surface area contributed by atoms with E-state index in [1.165, 1.54) is 0 Å². The molecule has 0 bridgehead atoms. The standard InChI is InChI=1S/C22H22N4O3S/c1-14-12-15(2)24-21-19(14)26(9-11-30-21)22(28)25-17-7-5-16(6-8-17)20(27)23-13-18-4-3-10-29-18/h3-8,10,12H,9,11,13H2,1-2H3,(H,23,27)(H,25,28). The molecule has 30 heavy (non-hydrogen) atoms. The number of carbonyl (C=O) groups is 2. The van der Waals surface area contributed by atoms with Gasteiger partial charge in [-0.25, -0.2) is 9.78 Å². The van der Waals surface area contributed by atoms with Crippen molar-refractivity contribution in [3.8, 4) is 0 Å². The Morgan fingerprint density at radius 2 is 2.00 bits per heavy atom. The van der Waals surface area contributed by atoms with Crippen LogP contribution >= 0.6 is 11.8 Å². The fourth-order valence-corrected chi connectivity index (χ4v) is 4.44. The highest BCUT2D eigenvalue weighted by atomic mass is 32.2. The molecule has 1 aliphatic heterocycles. The van der Waals surface area contributed by atoms with Crippen molar-refractivity contribution in [1.82, 2.24) is 10.3 Å². The van der Waals surface area contributed by atoms with Crippen LogP contribution in [0, 0.1) is 13.8 Å². The topological polar surface area (TPSA) is 87.5 Å². The van der Waals surface area contributed by atoms with Gasteiger partial charge in [0.15, 0.2) is 0 Å². The summed E-state index contributed by atoms with van der Waals surface area (Å²) in [6.45, 7) is 4.89. The number of carbonyl (C=O) groups excluding carboxylic acids is 2. The van der Waals surface area contributed by atoms with E-state index in [1.807, 2.05) is 19.9 Å². The predicted molar refractivity (Wildman–Crippen MR) is 117 cm³/mol. The van der Waals surface area contributed by atoms with Crippen LogP contribution < -0.4 is 15.5 Å². The molecule has 0 saturated carbocycles. The van der Waals surface area contributed by atoms with E-state index in [1.54, 1.807) is 59.3 Å². The number of nitrogens with one attached hydrogen (secondary N) is 2. The van der Waals surface area contributed by atoms with Crippen molar-refractivity contribution in [2.24, 2.45) is 0 Å². The highest BCUT2D eigenvalue weighted by molar-refractivity contribution is 7.99. The quantitative estimate of drug-likeness (QED) is 0.652. The summed E-state index contributed by atoms with van der Waals surface area (Å²) >= 11 is 1.67. The van der Waals surface area contributed by atoms with Gasteiger partial charge in [0.2, 0.25) is 0 Å². The maximum absolute atomic E-state index is 12.9. The van der Waals surface area contributed by atoms with Crippen molar-refractivity contribution in [2.75, 3.05) is 22.5 Å². The highest BCUT2D eigenvalue weighted by Gasteiger charge is 2.26. The Morgan fingerprint density at radius 1 is 1.20 bits per heavy atom. The summed E-state index contributed by atoms with van der Waals surface area (Å²) in [5.41, 5.74) is 3.98. The number of urea groups is 1. The van der Waals surface area contributed by atoms with Gasteiger partial charge in [0.1, 0.15) is 10.8 Å². The van der Waals surface area contributed by atoms with Crippen molar-refractivity contribution in [2.45, 2.75) is 25.4 Å². The largest absolute Gasteiger partial charge is 0.467 e. The molecule has 0 spiro atoms. The lowest BCUT2D eigenvalue weighted by atomic mass is 10.2. The van der Waals surface area contributed by atoms with Crippen LogP contribution in [0.5, 0.6) is 0 Å². The molecule has 8 heteroatoms. The van der Waals surface area contributed by atoms with Gasteiger partial charge < -0.3 is 15.1 Å². The van der Waals surface area contributed by atoms with Crippen LogP contribution in [-0.4, -0.2) is 29.2 Å². The van der Waals surface area contributed by atoms with Crippen LogP contribution in [0.1, 0.15) is 27.4 Å². The molecule has 0 fully saturated rings. The normalized spacial score (nSPS) is 12.9. The number of aromatic nitrogens is 1. The Balaban J connectivity index is 1.42. The van der Waals surface area contributed by atoms with Crippen LogP contribution in [0.3, 0.4) is 0 Å². The lowest BCUT2D eigenvalue weighted by molar-refractivity contribution is 0.0948. The molecule has 1 aromatic carbocycles. The molecule has 7 nitrogen and oxygen atoms in total. The fraction of sp³-hybridized carbons (Fsp3) is 0.227. The second-order valence-electron chi connectivity index (χ2n) is 7.00. The minimum atomic E-state index is -0.208. The molecule has 2 aromatic heterocycles. The Kier molecular flexibility index (Phi) is 5.76. The van der Waals surface area contributed by atoms with E-state index in [-0.39, 0.29) is 11.9 Å². The molecular formula is C22H22N4O3S. The number of thioether (sulfide) groups is 1. The summed E-state index contributed by atoms with van der Waals surface area (Å²) in [7, 11) is 0. The summed E-state index contributed by atoms with van der Waals surface area (Å²) in [6.07, 6.45) is 1.57. The Morgan fingerprint density at radius 3 is 2.73 bits per heavy atom. The Labute approximate surface area is 178 Å². The maximum Gasteiger partial charge on any atom is 0.326 e. The molecule has 2 N–H and O–H groups in total. The Bertz CT molecular complexity index is 1060. The summed E-state index contributed by atoms with van der Waals surface area (Å²) in [4.78, 5) is 31.5. The van der Waals surface area contributed by atoms with Gasteiger partial charge in [-0.15, -0.1) is 11.8 Å². The smallest absolute Gasteiger partial charge is 0.326 e. The molecule has 3 heterocycles. The van der Waals surface area contributed by atoms with Crippen LogP contribution in [0.25, 0.3) is 0 Å². The first-order chi connectivity index (χ1) is 14.5. The van der Waals surface area contributed by atoms with Gasteiger partial charge >= 0.3 is 6.03 Å². The summed E-state index contributed by atoms with van der Waals surface area (Å²) < 4.78 is 5.21. The molecule has 3 amide bonds. The number of fused-ring (bicyclic) bond motifs is 1. The number of hydrogen-bond acceptors (Lipinski definition) is 5.